The fourth-order valence-corrected chi connectivity index (χ4v) is 2.84. The molecule has 0 spiro atoms. The average Bonchev–Trinajstić information content (AvgIpc) is 3.17. The Morgan fingerprint density at radius 2 is 2.39 bits per heavy atom. The van der Waals surface area contributed by atoms with Crippen molar-refractivity contribution in [3.05, 3.63) is 52.8 Å². The van der Waals surface area contributed by atoms with Crippen LogP contribution in [0, 0.1) is 5.82 Å². The first-order valence-corrected chi connectivity index (χ1v) is 7.86. The number of ether oxygens (including phenoxy) is 1. The second-order valence-corrected chi connectivity index (χ2v) is 5.77. The number of carbonyl (C=O) groups is 1. The Hall–Kier alpha value is -1.92. The van der Waals surface area contributed by atoms with Gasteiger partial charge in [0, 0.05) is 31.1 Å². The smallest absolute Gasteiger partial charge is 0.251 e. The van der Waals surface area contributed by atoms with Gasteiger partial charge < -0.3 is 14.6 Å². The van der Waals surface area contributed by atoms with Gasteiger partial charge in [-0.05, 0) is 31.5 Å². The van der Waals surface area contributed by atoms with Crippen LogP contribution < -0.4 is 5.32 Å². The van der Waals surface area contributed by atoms with E-state index in [4.69, 9.17) is 16.3 Å². The Morgan fingerprint density at radius 1 is 1.57 bits per heavy atom. The van der Waals surface area contributed by atoms with Crippen LogP contribution in [-0.2, 0) is 11.3 Å². The number of halogens is 2. The van der Waals surface area contributed by atoms with Crippen molar-refractivity contribution < 1.29 is 13.9 Å². The Morgan fingerprint density at radius 3 is 3.13 bits per heavy atom. The van der Waals surface area contributed by atoms with Crippen molar-refractivity contribution in [3.8, 4) is 0 Å². The molecule has 0 bridgehead atoms. The third-order valence-corrected chi connectivity index (χ3v) is 4.24. The van der Waals surface area contributed by atoms with Crippen LogP contribution in [0.25, 0.3) is 0 Å². The van der Waals surface area contributed by atoms with Gasteiger partial charge in [0.15, 0.2) is 0 Å². The summed E-state index contributed by atoms with van der Waals surface area (Å²) in [6, 6.07) is 3.81. The van der Waals surface area contributed by atoms with Crippen molar-refractivity contribution in [2.45, 2.75) is 32.0 Å². The lowest BCUT2D eigenvalue weighted by Gasteiger charge is -2.20. The number of hydrogen-bond donors (Lipinski definition) is 1. The van der Waals surface area contributed by atoms with Gasteiger partial charge in [-0.1, -0.05) is 11.6 Å². The van der Waals surface area contributed by atoms with E-state index in [0.29, 0.717) is 13.0 Å². The molecule has 122 valence electrons. The SMILES string of the molecule is CCn1ccnc1[C@H]1OCC[C@@H]1NC(=O)c1ccc(Cl)c(F)c1. The van der Waals surface area contributed by atoms with Crippen LogP contribution in [-0.4, -0.2) is 28.1 Å². The minimum atomic E-state index is -0.611. The van der Waals surface area contributed by atoms with Gasteiger partial charge in [-0.3, -0.25) is 4.79 Å². The summed E-state index contributed by atoms with van der Waals surface area (Å²) in [5.41, 5.74) is 0.233. The molecule has 1 fully saturated rings. The maximum Gasteiger partial charge on any atom is 0.251 e. The van der Waals surface area contributed by atoms with Gasteiger partial charge in [0.25, 0.3) is 5.91 Å². The molecule has 3 rings (SSSR count). The predicted molar refractivity (Wildman–Crippen MR) is 83.9 cm³/mol. The van der Waals surface area contributed by atoms with Gasteiger partial charge >= 0.3 is 0 Å². The summed E-state index contributed by atoms with van der Waals surface area (Å²) in [5.74, 6) is -0.173. The zero-order chi connectivity index (χ0) is 16.4. The van der Waals surface area contributed by atoms with Crippen LogP contribution in [0.2, 0.25) is 5.02 Å². The fourth-order valence-electron chi connectivity index (χ4n) is 2.73. The van der Waals surface area contributed by atoms with Gasteiger partial charge in [-0.25, -0.2) is 9.37 Å². The molecule has 2 aromatic rings. The number of carbonyl (C=O) groups excluding carboxylic acids is 1. The molecule has 7 heteroatoms. The normalized spacial score (nSPS) is 20.7. The summed E-state index contributed by atoms with van der Waals surface area (Å²) in [4.78, 5) is 16.7. The van der Waals surface area contributed by atoms with Crippen LogP contribution in [0.4, 0.5) is 4.39 Å². The number of nitrogens with one attached hydrogen (secondary N) is 1. The summed E-state index contributed by atoms with van der Waals surface area (Å²) in [6.07, 6.45) is 3.98. The average molecular weight is 338 g/mol. The number of amides is 1. The monoisotopic (exact) mass is 337 g/mol. The number of rotatable bonds is 4. The number of nitrogens with zero attached hydrogens (tertiary/aromatic N) is 2. The topological polar surface area (TPSA) is 56.1 Å². The van der Waals surface area contributed by atoms with Crippen molar-refractivity contribution in [1.29, 1.82) is 0 Å². The van der Waals surface area contributed by atoms with E-state index >= 15 is 0 Å². The number of hydrogen-bond acceptors (Lipinski definition) is 3. The lowest BCUT2D eigenvalue weighted by Crippen LogP contribution is -2.37. The van der Waals surface area contributed by atoms with E-state index < -0.39 is 5.82 Å². The first kappa shape index (κ1) is 16.0. The molecule has 1 N–H and O–H groups in total. The lowest BCUT2D eigenvalue weighted by atomic mass is 10.1. The molecule has 0 aliphatic carbocycles. The molecule has 2 heterocycles. The molecule has 0 saturated carbocycles. The molecule has 0 radical (unpaired) electrons. The highest BCUT2D eigenvalue weighted by Crippen LogP contribution is 2.28. The summed E-state index contributed by atoms with van der Waals surface area (Å²) in [5, 5.41) is 2.90. The molecule has 1 aromatic heterocycles. The van der Waals surface area contributed by atoms with Gasteiger partial charge in [0.2, 0.25) is 0 Å². The van der Waals surface area contributed by atoms with Crippen LogP contribution >= 0.6 is 11.6 Å². The highest BCUT2D eigenvalue weighted by atomic mass is 35.5. The molecule has 1 amide bonds. The summed E-state index contributed by atoms with van der Waals surface area (Å²) >= 11 is 5.64. The summed E-state index contributed by atoms with van der Waals surface area (Å²) < 4.78 is 21.2. The summed E-state index contributed by atoms with van der Waals surface area (Å²) in [7, 11) is 0. The zero-order valence-electron chi connectivity index (χ0n) is 12.6. The standard InChI is InChI=1S/C16H17ClFN3O2/c1-2-21-7-6-19-15(21)14-13(5-8-23-14)20-16(22)10-3-4-11(17)12(18)9-10/h3-4,6-7,9,13-14H,2,5,8H2,1H3,(H,20,22)/t13-,14-/m0/s1. The Balaban J connectivity index is 1.76. The van der Waals surface area contributed by atoms with E-state index in [2.05, 4.69) is 10.3 Å². The molecular formula is C16H17ClFN3O2. The second-order valence-electron chi connectivity index (χ2n) is 5.36. The molecule has 1 aliphatic heterocycles. The van der Waals surface area contributed by atoms with E-state index in [-0.39, 0.29) is 28.6 Å². The Kier molecular flexibility index (Phi) is 4.63. The van der Waals surface area contributed by atoms with E-state index in [1.165, 1.54) is 12.1 Å². The van der Waals surface area contributed by atoms with Crippen LogP contribution in [0.3, 0.4) is 0 Å². The number of aromatic nitrogens is 2. The quantitative estimate of drug-likeness (QED) is 0.933. The van der Waals surface area contributed by atoms with Crippen LogP contribution in [0.15, 0.2) is 30.6 Å². The number of imidazole rings is 1. The number of aryl methyl sites for hydroxylation is 1. The van der Waals surface area contributed by atoms with Crippen molar-refractivity contribution in [2.24, 2.45) is 0 Å². The fraction of sp³-hybridized carbons (Fsp3) is 0.375. The Bertz CT molecular complexity index is 719. The van der Waals surface area contributed by atoms with E-state index in [0.717, 1.165) is 18.4 Å². The minimum Gasteiger partial charge on any atom is -0.368 e. The first-order chi connectivity index (χ1) is 11.1. The van der Waals surface area contributed by atoms with Crippen molar-refractivity contribution in [1.82, 2.24) is 14.9 Å². The first-order valence-electron chi connectivity index (χ1n) is 7.48. The lowest BCUT2D eigenvalue weighted by molar-refractivity contribution is 0.0775. The summed E-state index contributed by atoms with van der Waals surface area (Å²) in [6.45, 7) is 3.34. The molecular weight excluding hydrogens is 321 g/mol. The van der Waals surface area contributed by atoms with E-state index in [1.807, 2.05) is 17.7 Å². The van der Waals surface area contributed by atoms with Gasteiger partial charge in [-0.2, -0.15) is 0 Å². The second kappa shape index (κ2) is 6.68. The molecule has 1 saturated heterocycles. The largest absolute Gasteiger partial charge is 0.368 e. The van der Waals surface area contributed by atoms with E-state index in [1.54, 1.807) is 6.20 Å². The molecule has 1 aliphatic rings. The predicted octanol–water partition coefficient (Wildman–Crippen LogP) is 2.96. The van der Waals surface area contributed by atoms with Gasteiger partial charge in [-0.15, -0.1) is 0 Å². The third kappa shape index (κ3) is 3.23. The zero-order valence-corrected chi connectivity index (χ0v) is 13.4. The highest BCUT2D eigenvalue weighted by molar-refractivity contribution is 6.30. The maximum absolute atomic E-state index is 13.5. The number of benzene rings is 1. The van der Waals surface area contributed by atoms with Crippen molar-refractivity contribution >= 4 is 17.5 Å². The van der Waals surface area contributed by atoms with E-state index in [9.17, 15) is 9.18 Å². The molecule has 2 atom stereocenters. The molecule has 1 aromatic carbocycles. The molecule has 0 unspecified atom stereocenters. The van der Waals surface area contributed by atoms with Gasteiger partial charge in [0.1, 0.15) is 17.7 Å². The maximum atomic E-state index is 13.5. The van der Waals surface area contributed by atoms with Crippen LogP contribution in [0.1, 0.15) is 35.6 Å². The van der Waals surface area contributed by atoms with Crippen LogP contribution in [0.5, 0.6) is 0 Å². The van der Waals surface area contributed by atoms with Crippen molar-refractivity contribution in [3.63, 3.8) is 0 Å². The highest BCUT2D eigenvalue weighted by Gasteiger charge is 2.34. The molecule has 23 heavy (non-hydrogen) atoms. The Labute approximate surface area is 138 Å². The van der Waals surface area contributed by atoms with Gasteiger partial charge in [0.05, 0.1) is 11.1 Å². The molecule has 5 nitrogen and oxygen atoms in total. The third-order valence-electron chi connectivity index (χ3n) is 3.93. The minimum absolute atomic E-state index is 0.00593. The van der Waals surface area contributed by atoms with Crippen molar-refractivity contribution in [2.75, 3.05) is 6.61 Å².